The Morgan fingerprint density at radius 2 is 1.37 bits per heavy atom. The molecular formula is C42H42N4O5. The van der Waals surface area contributed by atoms with Crippen molar-refractivity contribution >= 4 is 35.6 Å². The Kier molecular flexibility index (Phi) is 8.58. The first kappa shape index (κ1) is 32.7. The highest BCUT2D eigenvalue weighted by molar-refractivity contribution is 6.04. The van der Waals surface area contributed by atoms with Crippen LogP contribution >= 0.6 is 0 Å². The first-order chi connectivity index (χ1) is 24.7. The fraction of sp³-hybridized carbons (Fsp3) is 0.333. The van der Waals surface area contributed by atoms with Gasteiger partial charge >= 0.3 is 0 Å². The lowest BCUT2D eigenvalue weighted by molar-refractivity contribution is 0.0702. The maximum Gasteiger partial charge on any atom is 0.257 e. The van der Waals surface area contributed by atoms with Crippen LogP contribution in [0.5, 0.6) is 17.2 Å². The summed E-state index contributed by atoms with van der Waals surface area (Å²) in [6.07, 6.45) is 5.99. The van der Waals surface area contributed by atoms with Gasteiger partial charge in [-0.2, -0.15) is 0 Å². The zero-order valence-electron chi connectivity index (χ0n) is 29.5. The minimum absolute atomic E-state index is 0.0158. The second-order valence-electron chi connectivity index (χ2n) is 14.1. The van der Waals surface area contributed by atoms with E-state index >= 15 is 0 Å². The second-order valence-corrected chi connectivity index (χ2v) is 14.1. The Labute approximate surface area is 298 Å². The van der Waals surface area contributed by atoms with Crippen molar-refractivity contribution in [3.05, 3.63) is 111 Å². The van der Waals surface area contributed by atoms with Gasteiger partial charge < -0.3 is 24.0 Å². The van der Waals surface area contributed by atoms with Gasteiger partial charge in [0.2, 0.25) is 0 Å². The van der Waals surface area contributed by atoms with Crippen molar-refractivity contribution in [3.63, 3.8) is 0 Å². The Morgan fingerprint density at radius 1 is 0.706 bits per heavy atom. The van der Waals surface area contributed by atoms with E-state index in [1.54, 1.807) is 19.2 Å². The number of carbonyl (C=O) groups excluding carboxylic acids is 2. The number of methoxy groups -OCH3 is 1. The highest BCUT2D eigenvalue weighted by Crippen LogP contribution is 2.40. The molecule has 0 bridgehead atoms. The number of fused-ring (bicyclic) bond motifs is 5. The highest BCUT2D eigenvalue weighted by atomic mass is 16.5. The largest absolute Gasteiger partial charge is 0.493 e. The Morgan fingerprint density at radius 3 is 2.14 bits per heavy atom. The molecule has 0 radical (unpaired) electrons. The number of rotatable bonds is 8. The van der Waals surface area contributed by atoms with E-state index in [4.69, 9.17) is 24.2 Å². The lowest BCUT2D eigenvalue weighted by Gasteiger charge is -2.34. The molecule has 260 valence electrons. The van der Waals surface area contributed by atoms with Crippen LogP contribution in [-0.2, 0) is 13.0 Å². The Hall–Kier alpha value is -5.44. The molecule has 1 unspecified atom stereocenters. The van der Waals surface area contributed by atoms with Gasteiger partial charge in [0, 0.05) is 50.0 Å². The third-order valence-corrected chi connectivity index (χ3v) is 10.6. The minimum Gasteiger partial charge on any atom is -0.493 e. The summed E-state index contributed by atoms with van der Waals surface area (Å²) >= 11 is 0. The zero-order chi connectivity index (χ0) is 35.2. The van der Waals surface area contributed by atoms with Crippen LogP contribution in [-0.4, -0.2) is 73.0 Å². The van der Waals surface area contributed by atoms with Crippen LogP contribution in [0.3, 0.4) is 0 Å². The molecule has 4 aliphatic rings. The normalized spacial score (nSPS) is 20.1. The van der Waals surface area contributed by atoms with Gasteiger partial charge in [-0.05, 0) is 68.0 Å². The summed E-state index contributed by atoms with van der Waals surface area (Å²) in [7, 11) is 1.58. The number of aliphatic imine (C=N–C) groups is 2. The van der Waals surface area contributed by atoms with E-state index in [2.05, 4.69) is 56.3 Å². The highest BCUT2D eigenvalue weighted by Gasteiger charge is 2.38. The number of nitrogens with zero attached hydrogens (tertiary/aromatic N) is 4. The lowest BCUT2D eigenvalue weighted by Crippen LogP contribution is -2.44. The van der Waals surface area contributed by atoms with E-state index in [9.17, 15) is 9.59 Å². The van der Waals surface area contributed by atoms with E-state index in [0.29, 0.717) is 78.4 Å². The van der Waals surface area contributed by atoms with Crippen LogP contribution in [0.15, 0.2) is 76.7 Å². The van der Waals surface area contributed by atoms with Crippen LogP contribution in [0.2, 0.25) is 0 Å². The molecule has 2 amide bonds. The van der Waals surface area contributed by atoms with Gasteiger partial charge in [0.1, 0.15) is 5.75 Å². The van der Waals surface area contributed by atoms with Crippen molar-refractivity contribution in [2.24, 2.45) is 9.98 Å². The van der Waals surface area contributed by atoms with Crippen molar-refractivity contribution in [1.29, 1.82) is 0 Å². The maximum atomic E-state index is 13.8. The topological polar surface area (TPSA) is 93.0 Å². The van der Waals surface area contributed by atoms with Gasteiger partial charge in [0.05, 0.1) is 54.9 Å². The first-order valence-corrected chi connectivity index (χ1v) is 17.7. The average molecular weight is 683 g/mol. The molecular weight excluding hydrogens is 640 g/mol. The standard InChI is InChI=1S/C42H42N4O5/c1-25-6-9-28(10-7-25)31-17-33-22-43-36-19-38(27(3)15-34(36)41(47)46(33)24-31)50-12-5-13-51-40-20-37-35(18-39(40)49-4)42(48)45-23-30-14-26(2)8-11-29(30)16-32(45)21-44-37/h6-11,14-15,18-22,31-33H,5,12-13,16-17,23-24H2,1-4H3/t31?,32-,33-/m0/s1. The third kappa shape index (κ3) is 6.26. The summed E-state index contributed by atoms with van der Waals surface area (Å²) in [6, 6.07) is 22.2. The summed E-state index contributed by atoms with van der Waals surface area (Å²) in [6.45, 7) is 8.13. The van der Waals surface area contributed by atoms with E-state index in [0.717, 1.165) is 18.4 Å². The molecule has 8 rings (SSSR count). The van der Waals surface area contributed by atoms with Crippen LogP contribution in [0.4, 0.5) is 11.4 Å². The average Bonchev–Trinajstić information content (AvgIpc) is 3.46. The van der Waals surface area contributed by atoms with Crippen molar-refractivity contribution < 1.29 is 23.8 Å². The zero-order valence-corrected chi connectivity index (χ0v) is 29.5. The molecule has 0 N–H and O–H groups in total. The van der Waals surface area contributed by atoms with Gasteiger partial charge in [-0.3, -0.25) is 19.6 Å². The van der Waals surface area contributed by atoms with Crippen LogP contribution < -0.4 is 14.2 Å². The van der Waals surface area contributed by atoms with E-state index in [-0.39, 0.29) is 23.9 Å². The lowest BCUT2D eigenvalue weighted by atomic mass is 9.93. The molecule has 4 aromatic rings. The number of carbonyl (C=O) groups is 2. The number of aryl methyl sites for hydroxylation is 3. The maximum absolute atomic E-state index is 13.8. The molecule has 51 heavy (non-hydrogen) atoms. The molecule has 9 nitrogen and oxygen atoms in total. The second kappa shape index (κ2) is 13.4. The summed E-state index contributed by atoms with van der Waals surface area (Å²) < 4.78 is 18.0. The minimum atomic E-state index is -0.110. The molecule has 0 aromatic heterocycles. The predicted octanol–water partition coefficient (Wildman–Crippen LogP) is 7.47. The first-order valence-electron chi connectivity index (χ1n) is 17.7. The Bertz CT molecular complexity index is 2090. The molecule has 4 heterocycles. The molecule has 4 aliphatic heterocycles. The van der Waals surface area contributed by atoms with Gasteiger partial charge in [-0.25, -0.2) is 0 Å². The van der Waals surface area contributed by atoms with Crippen molar-refractivity contribution in [1.82, 2.24) is 9.80 Å². The SMILES string of the molecule is COc1cc2c(cc1OCCCOc1cc3c(cc1C)C(=O)N1CC(c4ccc(C)cc4)C[C@H]1C=N3)N=C[C@@H]1Cc3ccc(C)cc3CN1C2=O. The smallest absolute Gasteiger partial charge is 0.257 e. The van der Waals surface area contributed by atoms with Gasteiger partial charge in [-0.1, -0.05) is 53.6 Å². The van der Waals surface area contributed by atoms with Gasteiger partial charge in [0.15, 0.2) is 11.5 Å². The number of hydrogen-bond acceptors (Lipinski definition) is 7. The molecule has 0 aliphatic carbocycles. The van der Waals surface area contributed by atoms with Gasteiger partial charge in [-0.15, -0.1) is 0 Å². The fourth-order valence-electron chi connectivity index (χ4n) is 7.69. The fourth-order valence-corrected chi connectivity index (χ4v) is 7.69. The van der Waals surface area contributed by atoms with E-state index < -0.39 is 0 Å². The van der Waals surface area contributed by atoms with Crippen LogP contribution in [0.25, 0.3) is 0 Å². The number of ether oxygens (including phenoxy) is 3. The Balaban J connectivity index is 0.901. The molecule has 9 heteroatoms. The molecule has 1 saturated heterocycles. The number of hydrogen-bond donors (Lipinski definition) is 0. The van der Waals surface area contributed by atoms with Gasteiger partial charge in [0.25, 0.3) is 11.8 Å². The molecule has 4 aromatic carbocycles. The van der Waals surface area contributed by atoms with E-state index in [1.807, 2.05) is 41.3 Å². The molecule has 0 saturated carbocycles. The van der Waals surface area contributed by atoms with Crippen LogP contribution in [0, 0.1) is 20.8 Å². The van der Waals surface area contributed by atoms with Crippen LogP contribution in [0.1, 0.15) is 72.9 Å². The third-order valence-electron chi connectivity index (χ3n) is 10.6. The summed E-state index contributed by atoms with van der Waals surface area (Å²) in [4.78, 5) is 40.8. The summed E-state index contributed by atoms with van der Waals surface area (Å²) in [5.74, 6) is 1.96. The van der Waals surface area contributed by atoms with Crippen molar-refractivity contribution in [2.75, 3.05) is 26.9 Å². The quantitative estimate of drug-likeness (QED) is 0.180. The summed E-state index contributed by atoms with van der Waals surface area (Å²) in [5, 5.41) is 0. The molecule has 3 atom stereocenters. The predicted molar refractivity (Wildman–Crippen MR) is 198 cm³/mol. The molecule has 1 fully saturated rings. The number of amides is 2. The van der Waals surface area contributed by atoms with Crippen molar-refractivity contribution in [3.8, 4) is 17.2 Å². The molecule has 0 spiro atoms. The van der Waals surface area contributed by atoms with Crippen molar-refractivity contribution in [2.45, 2.75) is 64.6 Å². The number of benzene rings is 4. The summed E-state index contributed by atoms with van der Waals surface area (Å²) in [5.41, 5.74) is 9.33. The monoisotopic (exact) mass is 682 g/mol. The van der Waals surface area contributed by atoms with E-state index in [1.165, 1.54) is 27.8 Å².